The normalized spacial score (nSPS) is 39.8. The number of fused-ring (bicyclic) bond motifs is 1. The number of allylic oxidation sites excluding steroid dienone is 2. The molecule has 238 valence electrons. The maximum absolute atomic E-state index is 12.2. The van der Waals surface area contributed by atoms with Gasteiger partial charge in [0.25, 0.3) is 0 Å². The number of rotatable bonds is 6. The Morgan fingerprint density at radius 1 is 1.00 bits per heavy atom. The lowest BCUT2D eigenvalue weighted by Gasteiger charge is -2.37. The minimum absolute atomic E-state index is 0.118. The van der Waals surface area contributed by atoms with Crippen molar-refractivity contribution in [3.8, 4) is 0 Å². The molecule has 44 heavy (non-hydrogen) atoms. The number of nitrogens with zero attached hydrogens (tertiary/aromatic N) is 8. The number of aliphatic hydroxyl groups is 2. The smallest absolute Gasteiger partial charge is 0.394 e. The van der Waals surface area contributed by atoms with E-state index in [1.807, 2.05) is 0 Å². The Kier molecular flexibility index (Phi) is 9.63. The maximum atomic E-state index is 12.2. The van der Waals surface area contributed by atoms with E-state index in [0.29, 0.717) is 0 Å². The number of carbonyl (C=O) groups is 4. The summed E-state index contributed by atoms with van der Waals surface area (Å²) in [5, 5.41) is 26.5. The molecule has 0 bridgehead atoms. The highest BCUT2D eigenvalue weighted by Gasteiger charge is 2.62. The monoisotopic (exact) mass is 640 g/mol. The standard InChI is InChI=1S/C12H15N4O7P.C11H14N4O5/c1-12(14-15-13)10-8(6-21-24(19,20-2)23-10)22-11(12)16-4-3-7(17)5-9(16)18;1-11(13-14-12)9(19)7(5-16)20-10(11)15-3-2-6(17)4-8(15)18/h3-4,8,10-11H,5-6H2,1-2H3;2-3,7,9-10,16,19H,4-5H2,1H3/t8-,10-,11-,12-,24?;7-,9-,10-,11-/m11/s1. The molecule has 2 amide bonds. The van der Waals surface area contributed by atoms with Crippen LogP contribution in [0.4, 0.5) is 0 Å². The van der Waals surface area contributed by atoms with Gasteiger partial charge in [0.05, 0.1) is 32.2 Å². The molecule has 0 aliphatic carbocycles. The van der Waals surface area contributed by atoms with Crippen molar-refractivity contribution in [2.75, 3.05) is 20.3 Å². The molecular formula is C23H29N8O12P. The summed E-state index contributed by atoms with van der Waals surface area (Å²) in [6.07, 6.45) is -1.71. The third-order valence-corrected chi connectivity index (χ3v) is 9.01. The number of phosphoric ester groups is 1. The van der Waals surface area contributed by atoms with Crippen molar-refractivity contribution in [1.29, 1.82) is 0 Å². The van der Waals surface area contributed by atoms with Crippen molar-refractivity contribution < 1.29 is 57.0 Å². The SMILES string of the molecule is COP1(=O)OC[C@H]2O[C@@H](N3C=CC(=O)CC3=O)[C@](C)(N=[N+]=[N-])[C@@H]2O1.C[C@@]1(N=[N+]=[N-])[C@H](O)[C@@H](CO)O[C@H]1N1C=CC(=O)CC1=O. The first kappa shape index (κ1) is 33.2. The van der Waals surface area contributed by atoms with Crippen molar-refractivity contribution in [2.24, 2.45) is 10.2 Å². The number of ether oxygens (including phenoxy) is 2. The first-order valence-corrected chi connectivity index (χ1v) is 14.5. The zero-order chi connectivity index (χ0) is 32.4. The Bertz CT molecular complexity index is 1430. The maximum Gasteiger partial charge on any atom is 0.474 e. The number of ketones is 2. The van der Waals surface area contributed by atoms with Crippen LogP contribution in [0.1, 0.15) is 26.7 Å². The molecule has 5 aliphatic rings. The molecule has 20 nitrogen and oxygen atoms in total. The molecule has 1 unspecified atom stereocenters. The number of hydrogen-bond acceptors (Lipinski definition) is 14. The molecule has 5 heterocycles. The molecule has 0 aromatic rings. The van der Waals surface area contributed by atoms with Gasteiger partial charge in [-0.25, -0.2) is 4.57 Å². The minimum atomic E-state index is -3.80. The van der Waals surface area contributed by atoms with Crippen molar-refractivity contribution in [3.05, 3.63) is 45.4 Å². The number of hydrogen-bond donors (Lipinski definition) is 2. The minimum Gasteiger partial charge on any atom is -0.394 e. The second-order valence-corrected chi connectivity index (χ2v) is 12.2. The highest BCUT2D eigenvalue weighted by Crippen LogP contribution is 2.58. The Morgan fingerprint density at radius 2 is 1.52 bits per heavy atom. The number of amides is 2. The van der Waals surface area contributed by atoms with Gasteiger partial charge in [0.1, 0.15) is 29.4 Å². The summed E-state index contributed by atoms with van der Waals surface area (Å²) >= 11 is 0. The Morgan fingerprint density at radius 3 is 2.00 bits per heavy atom. The molecule has 0 aromatic heterocycles. The van der Waals surface area contributed by atoms with Crippen molar-refractivity contribution in [2.45, 2.75) is 74.6 Å². The van der Waals surface area contributed by atoms with E-state index in [2.05, 4.69) is 20.1 Å². The molecule has 5 rings (SSSR count). The summed E-state index contributed by atoms with van der Waals surface area (Å²) in [6, 6.07) is 0. The zero-order valence-corrected chi connectivity index (χ0v) is 24.5. The molecule has 3 fully saturated rings. The number of aliphatic hydroxyl groups excluding tert-OH is 2. The summed E-state index contributed by atoms with van der Waals surface area (Å²) in [6.45, 7) is 2.34. The predicted octanol–water partition coefficient (Wildman–Crippen LogP) is 0.714. The van der Waals surface area contributed by atoms with Gasteiger partial charge in [0, 0.05) is 29.3 Å². The second-order valence-electron chi connectivity index (χ2n) is 10.5. The third kappa shape index (κ3) is 6.00. The van der Waals surface area contributed by atoms with Crippen LogP contribution >= 0.6 is 7.82 Å². The predicted molar refractivity (Wildman–Crippen MR) is 142 cm³/mol. The van der Waals surface area contributed by atoms with Gasteiger partial charge in [-0.2, -0.15) is 0 Å². The largest absolute Gasteiger partial charge is 0.474 e. The van der Waals surface area contributed by atoms with Gasteiger partial charge >= 0.3 is 7.82 Å². The lowest BCUT2D eigenvalue weighted by Crippen LogP contribution is -2.53. The fraction of sp³-hybridized carbons (Fsp3) is 0.652. The molecule has 0 saturated carbocycles. The van der Waals surface area contributed by atoms with E-state index in [4.69, 9.17) is 39.2 Å². The fourth-order valence-corrected chi connectivity index (χ4v) is 6.49. The van der Waals surface area contributed by atoms with Crippen LogP contribution < -0.4 is 0 Å². The lowest BCUT2D eigenvalue weighted by molar-refractivity contribution is -0.147. The molecule has 2 N–H and O–H groups in total. The molecule has 0 spiro atoms. The van der Waals surface area contributed by atoms with Gasteiger partial charge in [-0.15, -0.1) is 0 Å². The number of phosphoric acid groups is 1. The molecule has 0 radical (unpaired) electrons. The van der Waals surface area contributed by atoms with Gasteiger partial charge < -0.3 is 19.7 Å². The van der Waals surface area contributed by atoms with Gasteiger partial charge in [-0.3, -0.25) is 42.5 Å². The first-order chi connectivity index (χ1) is 20.8. The Hall–Kier alpha value is -3.67. The van der Waals surface area contributed by atoms with E-state index in [0.717, 1.165) is 4.90 Å². The summed E-state index contributed by atoms with van der Waals surface area (Å²) in [5.74, 6) is -1.69. The van der Waals surface area contributed by atoms with Crippen LogP contribution in [0.5, 0.6) is 0 Å². The second kappa shape index (κ2) is 12.7. The molecule has 5 aliphatic heterocycles. The average molecular weight is 641 g/mol. The van der Waals surface area contributed by atoms with Crippen LogP contribution in [0.15, 0.2) is 34.8 Å². The summed E-state index contributed by atoms with van der Waals surface area (Å²) < 4.78 is 38.6. The molecular weight excluding hydrogens is 611 g/mol. The van der Waals surface area contributed by atoms with E-state index in [-0.39, 0.29) is 31.0 Å². The quantitative estimate of drug-likeness (QED) is 0.134. The van der Waals surface area contributed by atoms with Crippen LogP contribution in [0.2, 0.25) is 0 Å². The Labute approximate surface area is 249 Å². The zero-order valence-electron chi connectivity index (χ0n) is 23.6. The van der Waals surface area contributed by atoms with Gasteiger partial charge in [-0.05, 0) is 37.1 Å². The first-order valence-electron chi connectivity index (χ1n) is 13.0. The molecule has 3 saturated heterocycles. The highest BCUT2D eigenvalue weighted by molar-refractivity contribution is 7.48. The van der Waals surface area contributed by atoms with Crippen molar-refractivity contribution in [3.63, 3.8) is 0 Å². The molecule has 0 aromatic carbocycles. The Balaban J connectivity index is 0.000000204. The average Bonchev–Trinajstić information content (AvgIpc) is 3.39. The highest BCUT2D eigenvalue weighted by atomic mass is 31.2. The van der Waals surface area contributed by atoms with Crippen LogP contribution in [0.3, 0.4) is 0 Å². The molecule has 21 heteroatoms. The van der Waals surface area contributed by atoms with Crippen molar-refractivity contribution in [1.82, 2.24) is 9.80 Å². The van der Waals surface area contributed by atoms with Crippen molar-refractivity contribution >= 4 is 31.2 Å². The van der Waals surface area contributed by atoms with Crippen LogP contribution in [-0.2, 0) is 46.8 Å². The topological polar surface area (TPSA) is 276 Å². The number of azide groups is 2. The lowest BCUT2D eigenvalue weighted by atomic mass is 9.92. The van der Waals surface area contributed by atoms with Crippen LogP contribution in [0, 0.1) is 0 Å². The van der Waals surface area contributed by atoms with Crippen LogP contribution in [-0.4, -0.2) is 112 Å². The van der Waals surface area contributed by atoms with E-state index >= 15 is 0 Å². The number of carbonyl (C=O) groups excluding carboxylic acids is 4. The van der Waals surface area contributed by atoms with Gasteiger partial charge in [-0.1, -0.05) is 10.2 Å². The summed E-state index contributed by atoms with van der Waals surface area (Å²) in [4.78, 5) is 54.3. The van der Waals surface area contributed by atoms with Gasteiger partial charge in [0.15, 0.2) is 24.0 Å². The summed E-state index contributed by atoms with van der Waals surface area (Å²) in [7, 11) is -2.63. The third-order valence-electron chi connectivity index (χ3n) is 7.61. The van der Waals surface area contributed by atoms with E-state index in [9.17, 15) is 28.8 Å². The van der Waals surface area contributed by atoms with E-state index in [1.165, 1.54) is 50.4 Å². The fourth-order valence-electron chi connectivity index (χ4n) is 5.28. The van der Waals surface area contributed by atoms with Gasteiger partial charge in [0.2, 0.25) is 11.8 Å². The van der Waals surface area contributed by atoms with Crippen LogP contribution in [0.25, 0.3) is 20.9 Å². The van der Waals surface area contributed by atoms with E-state index < -0.39 is 74.2 Å². The molecule has 9 atom stereocenters. The summed E-state index contributed by atoms with van der Waals surface area (Å²) in [5.41, 5.74) is 14.7. The van der Waals surface area contributed by atoms with E-state index in [1.54, 1.807) is 0 Å².